The molecule has 1 aliphatic carbocycles. The number of hydrogen-bond donors (Lipinski definition) is 0. The Morgan fingerprint density at radius 1 is 1.43 bits per heavy atom. The van der Waals surface area contributed by atoms with Gasteiger partial charge in [0.1, 0.15) is 0 Å². The van der Waals surface area contributed by atoms with Crippen LogP contribution in [0.1, 0.15) is 24.8 Å². The van der Waals surface area contributed by atoms with Crippen molar-refractivity contribution in [2.75, 3.05) is 6.61 Å². The number of aryl methyl sites for hydroxylation is 1. The Morgan fingerprint density at radius 2 is 2.21 bits per heavy atom. The summed E-state index contributed by atoms with van der Waals surface area (Å²) < 4.78 is 18.7. The van der Waals surface area contributed by atoms with E-state index < -0.39 is 0 Å². The first-order chi connectivity index (χ1) is 6.75. The maximum Gasteiger partial charge on any atom is 0.165 e. The lowest BCUT2D eigenvalue weighted by Gasteiger charge is -2.25. The van der Waals surface area contributed by atoms with Crippen molar-refractivity contribution < 1.29 is 9.13 Å². The summed E-state index contributed by atoms with van der Waals surface area (Å²) >= 11 is 0. The van der Waals surface area contributed by atoms with Crippen LogP contribution in [0.3, 0.4) is 0 Å². The predicted octanol–water partition coefficient (Wildman–Crippen LogP) is 3.31. The molecule has 1 aromatic carbocycles. The highest BCUT2D eigenvalue weighted by atomic mass is 19.1. The average molecular weight is 194 g/mol. The molecule has 2 rings (SSSR count). The van der Waals surface area contributed by atoms with Crippen LogP contribution in [-0.2, 0) is 0 Å². The Labute approximate surface area is 83.9 Å². The maximum atomic E-state index is 13.3. The highest BCUT2D eigenvalue weighted by Gasteiger charge is 2.18. The van der Waals surface area contributed by atoms with Crippen LogP contribution in [0.15, 0.2) is 18.2 Å². The minimum Gasteiger partial charge on any atom is -0.490 e. The third-order valence-corrected chi connectivity index (χ3v) is 2.79. The molecule has 1 saturated carbocycles. The summed E-state index contributed by atoms with van der Waals surface area (Å²) in [5.74, 6) is 0.794. The molecule has 0 amide bonds. The van der Waals surface area contributed by atoms with Gasteiger partial charge in [0.15, 0.2) is 11.6 Å². The van der Waals surface area contributed by atoms with E-state index in [0.717, 1.165) is 5.56 Å². The van der Waals surface area contributed by atoms with Crippen molar-refractivity contribution in [1.29, 1.82) is 0 Å². The van der Waals surface area contributed by atoms with Crippen molar-refractivity contribution in [3.8, 4) is 5.75 Å². The monoisotopic (exact) mass is 194 g/mol. The van der Waals surface area contributed by atoms with Crippen LogP contribution in [0.5, 0.6) is 5.75 Å². The first-order valence-electron chi connectivity index (χ1n) is 5.14. The van der Waals surface area contributed by atoms with Crippen LogP contribution in [-0.4, -0.2) is 6.61 Å². The molecule has 1 aromatic rings. The Bertz CT molecular complexity index is 318. The van der Waals surface area contributed by atoms with Gasteiger partial charge in [-0.15, -0.1) is 0 Å². The van der Waals surface area contributed by atoms with Gasteiger partial charge in [0.25, 0.3) is 0 Å². The smallest absolute Gasteiger partial charge is 0.165 e. The zero-order valence-electron chi connectivity index (χ0n) is 8.42. The summed E-state index contributed by atoms with van der Waals surface area (Å²) in [7, 11) is 0. The molecule has 1 fully saturated rings. The van der Waals surface area contributed by atoms with Gasteiger partial charge < -0.3 is 4.74 Å². The normalized spacial score (nSPS) is 16.4. The molecule has 1 nitrogen and oxygen atoms in total. The van der Waals surface area contributed by atoms with Crippen LogP contribution in [0.25, 0.3) is 0 Å². The number of halogens is 1. The summed E-state index contributed by atoms with van der Waals surface area (Å²) in [6.07, 6.45) is 3.76. The first-order valence-corrected chi connectivity index (χ1v) is 5.14. The van der Waals surface area contributed by atoms with E-state index in [0.29, 0.717) is 18.3 Å². The molecule has 0 atom stereocenters. The number of hydrogen-bond acceptors (Lipinski definition) is 1. The molecule has 0 bridgehead atoms. The van der Waals surface area contributed by atoms with E-state index >= 15 is 0 Å². The van der Waals surface area contributed by atoms with Crippen LogP contribution in [0.4, 0.5) is 4.39 Å². The second kappa shape index (κ2) is 3.99. The highest BCUT2D eigenvalue weighted by Crippen LogP contribution is 2.27. The molecule has 0 unspecified atom stereocenters. The molecule has 0 heterocycles. The SMILES string of the molecule is Cc1ccc(OCC2CCC2)c(F)c1. The van der Waals surface area contributed by atoms with Crippen molar-refractivity contribution in [1.82, 2.24) is 0 Å². The van der Waals surface area contributed by atoms with Crippen LogP contribution in [0, 0.1) is 18.7 Å². The Hall–Kier alpha value is -1.05. The van der Waals surface area contributed by atoms with Gasteiger partial charge in [0.2, 0.25) is 0 Å². The van der Waals surface area contributed by atoms with E-state index in [1.807, 2.05) is 13.0 Å². The van der Waals surface area contributed by atoms with Crippen LogP contribution < -0.4 is 4.74 Å². The van der Waals surface area contributed by atoms with Gasteiger partial charge in [0.05, 0.1) is 6.61 Å². The third-order valence-electron chi connectivity index (χ3n) is 2.79. The van der Waals surface area contributed by atoms with Gasteiger partial charge >= 0.3 is 0 Å². The van der Waals surface area contributed by atoms with Crippen molar-refractivity contribution in [2.24, 2.45) is 5.92 Å². The predicted molar refractivity (Wildman–Crippen MR) is 54.0 cm³/mol. The highest BCUT2D eigenvalue weighted by molar-refractivity contribution is 5.28. The average Bonchev–Trinajstić information content (AvgIpc) is 2.05. The molecule has 76 valence electrons. The van der Waals surface area contributed by atoms with Crippen molar-refractivity contribution in [2.45, 2.75) is 26.2 Å². The Morgan fingerprint density at radius 3 is 2.79 bits per heavy atom. The lowest BCUT2D eigenvalue weighted by Crippen LogP contribution is -2.19. The Kier molecular flexibility index (Phi) is 2.71. The first kappa shape index (κ1) is 9.50. The molecule has 0 saturated heterocycles. The summed E-state index contributed by atoms with van der Waals surface area (Å²) in [5, 5.41) is 0. The van der Waals surface area contributed by atoms with E-state index in [9.17, 15) is 4.39 Å². The van der Waals surface area contributed by atoms with E-state index in [4.69, 9.17) is 4.74 Å². The topological polar surface area (TPSA) is 9.23 Å². The minimum atomic E-state index is -0.246. The van der Waals surface area contributed by atoms with Crippen molar-refractivity contribution >= 4 is 0 Å². The molecular formula is C12H15FO. The molecular weight excluding hydrogens is 179 g/mol. The summed E-state index contributed by atoms with van der Waals surface area (Å²) in [6.45, 7) is 2.54. The molecule has 14 heavy (non-hydrogen) atoms. The largest absolute Gasteiger partial charge is 0.490 e. The molecule has 1 aliphatic rings. The zero-order valence-corrected chi connectivity index (χ0v) is 8.42. The summed E-state index contributed by atoms with van der Waals surface area (Å²) in [4.78, 5) is 0. The lowest BCUT2D eigenvalue weighted by molar-refractivity contribution is 0.175. The fraction of sp³-hybridized carbons (Fsp3) is 0.500. The van der Waals surface area contributed by atoms with Gasteiger partial charge in [-0.2, -0.15) is 0 Å². The number of benzene rings is 1. The van der Waals surface area contributed by atoms with Crippen LogP contribution in [0.2, 0.25) is 0 Å². The van der Waals surface area contributed by atoms with Crippen LogP contribution >= 0.6 is 0 Å². The van der Waals surface area contributed by atoms with Gasteiger partial charge in [-0.1, -0.05) is 12.5 Å². The van der Waals surface area contributed by atoms with Gasteiger partial charge in [-0.05, 0) is 43.4 Å². The third kappa shape index (κ3) is 2.06. The Balaban J connectivity index is 1.94. The zero-order chi connectivity index (χ0) is 9.97. The second-order valence-corrected chi connectivity index (χ2v) is 4.04. The lowest BCUT2D eigenvalue weighted by atomic mass is 9.86. The minimum absolute atomic E-state index is 0.246. The quantitative estimate of drug-likeness (QED) is 0.717. The summed E-state index contributed by atoms with van der Waals surface area (Å²) in [6, 6.07) is 5.10. The van der Waals surface area contributed by atoms with Gasteiger partial charge in [0, 0.05) is 0 Å². The summed E-state index contributed by atoms with van der Waals surface area (Å²) in [5.41, 5.74) is 0.929. The molecule has 0 aromatic heterocycles. The van der Waals surface area contributed by atoms with E-state index in [-0.39, 0.29) is 5.82 Å². The van der Waals surface area contributed by atoms with Crippen molar-refractivity contribution in [3.63, 3.8) is 0 Å². The van der Waals surface area contributed by atoms with E-state index in [1.54, 1.807) is 6.07 Å². The van der Waals surface area contributed by atoms with Crippen molar-refractivity contribution in [3.05, 3.63) is 29.6 Å². The fourth-order valence-corrected chi connectivity index (χ4v) is 1.59. The molecule has 0 radical (unpaired) electrons. The molecule has 0 spiro atoms. The number of rotatable bonds is 3. The van der Waals surface area contributed by atoms with E-state index in [1.165, 1.54) is 25.3 Å². The van der Waals surface area contributed by atoms with E-state index in [2.05, 4.69) is 0 Å². The standard InChI is InChI=1S/C12H15FO/c1-9-5-6-12(11(13)7-9)14-8-10-3-2-4-10/h5-7,10H,2-4,8H2,1H3. The maximum absolute atomic E-state index is 13.3. The van der Waals surface area contributed by atoms with Gasteiger partial charge in [-0.3, -0.25) is 0 Å². The molecule has 0 aliphatic heterocycles. The molecule has 0 N–H and O–H groups in total. The second-order valence-electron chi connectivity index (χ2n) is 4.04. The fourth-order valence-electron chi connectivity index (χ4n) is 1.59. The number of ether oxygens (including phenoxy) is 1. The van der Waals surface area contributed by atoms with Gasteiger partial charge in [-0.25, -0.2) is 4.39 Å². The molecule has 2 heteroatoms.